The number of hydrogen-bond donors (Lipinski definition) is 3. The lowest BCUT2D eigenvalue weighted by Gasteiger charge is -2.07. The number of hydrogen-bond acceptors (Lipinski definition) is 5. The van der Waals surface area contributed by atoms with Crippen molar-refractivity contribution in [1.29, 1.82) is 0 Å². The molecule has 0 spiro atoms. The van der Waals surface area contributed by atoms with Crippen molar-refractivity contribution < 1.29 is 9.18 Å². The molecule has 0 aliphatic carbocycles. The van der Waals surface area contributed by atoms with Gasteiger partial charge in [0.05, 0.1) is 23.5 Å². The minimum Gasteiger partial charge on any atom is -0.397 e. The van der Waals surface area contributed by atoms with Gasteiger partial charge in [0.1, 0.15) is 5.82 Å². The van der Waals surface area contributed by atoms with Gasteiger partial charge in [0, 0.05) is 5.38 Å². The summed E-state index contributed by atoms with van der Waals surface area (Å²) in [6.45, 7) is 0. The number of benzene rings is 1. The largest absolute Gasteiger partial charge is 0.397 e. The lowest BCUT2D eigenvalue weighted by Crippen LogP contribution is -2.15. The molecular formula is C11H11FN4OS. The first-order chi connectivity index (χ1) is 8.54. The summed E-state index contributed by atoms with van der Waals surface area (Å²) in [7, 11) is 0. The molecule has 1 amide bonds. The molecule has 0 radical (unpaired) electrons. The molecule has 1 aromatic carbocycles. The fraction of sp³-hybridized carbons (Fsp3) is 0.0909. The lowest BCUT2D eigenvalue weighted by atomic mass is 10.2. The third kappa shape index (κ3) is 2.95. The van der Waals surface area contributed by atoms with Gasteiger partial charge in [-0.3, -0.25) is 4.79 Å². The molecule has 0 aliphatic heterocycles. The highest BCUT2D eigenvalue weighted by Crippen LogP contribution is 2.19. The van der Waals surface area contributed by atoms with Gasteiger partial charge in [-0.15, -0.1) is 11.3 Å². The van der Waals surface area contributed by atoms with Crippen LogP contribution in [0.3, 0.4) is 0 Å². The summed E-state index contributed by atoms with van der Waals surface area (Å²) in [6.07, 6.45) is 0.102. The zero-order valence-electron chi connectivity index (χ0n) is 9.31. The van der Waals surface area contributed by atoms with Gasteiger partial charge in [0.2, 0.25) is 5.91 Å². The monoisotopic (exact) mass is 266 g/mol. The Morgan fingerprint density at radius 2 is 2.22 bits per heavy atom. The van der Waals surface area contributed by atoms with Gasteiger partial charge in [0.25, 0.3) is 0 Å². The Balaban J connectivity index is 2.03. The number of anilines is 3. The Kier molecular flexibility index (Phi) is 3.42. The molecule has 1 heterocycles. The fourth-order valence-corrected chi connectivity index (χ4v) is 1.97. The number of rotatable bonds is 3. The number of nitrogen functional groups attached to an aromatic ring is 2. The summed E-state index contributed by atoms with van der Waals surface area (Å²) in [5.74, 6) is -0.726. The van der Waals surface area contributed by atoms with Crippen LogP contribution in [0.5, 0.6) is 0 Å². The van der Waals surface area contributed by atoms with Crippen LogP contribution in [0.4, 0.5) is 20.9 Å². The SMILES string of the molecule is Nc1nc(CC(=O)Nc2ccc(F)cc2N)cs1. The highest BCUT2D eigenvalue weighted by molar-refractivity contribution is 7.13. The number of carbonyl (C=O) groups is 1. The van der Waals surface area contributed by atoms with Crippen molar-refractivity contribution in [2.75, 3.05) is 16.8 Å². The first-order valence-electron chi connectivity index (χ1n) is 5.09. The quantitative estimate of drug-likeness (QED) is 0.736. The van der Waals surface area contributed by atoms with Gasteiger partial charge < -0.3 is 16.8 Å². The molecule has 7 heteroatoms. The van der Waals surface area contributed by atoms with E-state index in [0.29, 0.717) is 16.5 Å². The standard InChI is InChI=1S/C11H11FN4OS/c12-6-1-2-9(8(13)3-6)16-10(17)4-7-5-18-11(14)15-7/h1-3,5H,4,13H2,(H2,14,15)(H,16,17). The highest BCUT2D eigenvalue weighted by Gasteiger charge is 2.09. The van der Waals surface area contributed by atoms with Crippen molar-refractivity contribution >= 4 is 33.8 Å². The van der Waals surface area contributed by atoms with Crippen LogP contribution in [-0.2, 0) is 11.2 Å². The van der Waals surface area contributed by atoms with E-state index in [2.05, 4.69) is 10.3 Å². The second-order valence-corrected chi connectivity index (χ2v) is 4.52. The van der Waals surface area contributed by atoms with Crippen LogP contribution in [0, 0.1) is 5.82 Å². The molecular weight excluding hydrogens is 255 g/mol. The zero-order valence-corrected chi connectivity index (χ0v) is 10.1. The Morgan fingerprint density at radius 1 is 1.44 bits per heavy atom. The van der Waals surface area contributed by atoms with Crippen molar-refractivity contribution in [2.24, 2.45) is 0 Å². The highest BCUT2D eigenvalue weighted by atomic mass is 32.1. The molecule has 5 nitrogen and oxygen atoms in total. The van der Waals surface area contributed by atoms with E-state index < -0.39 is 5.82 Å². The molecule has 2 rings (SSSR count). The second kappa shape index (κ2) is 5.01. The Bertz CT molecular complexity index is 584. The molecule has 1 aromatic heterocycles. The number of nitrogens with one attached hydrogen (secondary N) is 1. The number of nitrogens with zero attached hydrogens (tertiary/aromatic N) is 1. The summed E-state index contributed by atoms with van der Waals surface area (Å²) in [5, 5.41) is 4.72. The maximum atomic E-state index is 12.8. The zero-order chi connectivity index (χ0) is 13.1. The Morgan fingerprint density at radius 3 is 2.83 bits per heavy atom. The molecule has 94 valence electrons. The Hall–Kier alpha value is -2.15. The number of halogens is 1. The van der Waals surface area contributed by atoms with Crippen molar-refractivity contribution in [2.45, 2.75) is 6.42 Å². The summed E-state index contributed by atoms with van der Waals surface area (Å²) >= 11 is 1.27. The summed E-state index contributed by atoms with van der Waals surface area (Å²) in [5.41, 5.74) is 12.2. The van der Waals surface area contributed by atoms with Crippen molar-refractivity contribution in [3.63, 3.8) is 0 Å². The van der Waals surface area contributed by atoms with Gasteiger partial charge in [-0.25, -0.2) is 9.37 Å². The van der Waals surface area contributed by atoms with E-state index in [4.69, 9.17) is 11.5 Å². The van der Waals surface area contributed by atoms with Crippen LogP contribution in [-0.4, -0.2) is 10.9 Å². The van der Waals surface area contributed by atoms with Crippen molar-refractivity contribution in [1.82, 2.24) is 4.98 Å². The minimum atomic E-state index is -0.447. The molecule has 5 N–H and O–H groups in total. The molecule has 0 bridgehead atoms. The number of carbonyl (C=O) groups excluding carboxylic acids is 1. The number of amides is 1. The predicted octanol–water partition coefficient (Wildman–Crippen LogP) is 1.63. The minimum absolute atomic E-state index is 0.102. The van der Waals surface area contributed by atoms with E-state index in [0.717, 1.165) is 6.07 Å². The van der Waals surface area contributed by atoms with Gasteiger partial charge >= 0.3 is 0 Å². The summed E-state index contributed by atoms with van der Waals surface area (Å²) in [4.78, 5) is 15.7. The average molecular weight is 266 g/mol. The van der Waals surface area contributed by atoms with Crippen LogP contribution in [0.25, 0.3) is 0 Å². The van der Waals surface area contributed by atoms with E-state index in [1.807, 2.05) is 0 Å². The van der Waals surface area contributed by atoms with Crippen LogP contribution in [0.2, 0.25) is 0 Å². The van der Waals surface area contributed by atoms with Crippen molar-refractivity contribution in [3.05, 3.63) is 35.1 Å². The number of thiazole rings is 1. The topological polar surface area (TPSA) is 94.0 Å². The molecule has 0 atom stereocenters. The van der Waals surface area contributed by atoms with Crippen LogP contribution < -0.4 is 16.8 Å². The third-order valence-electron chi connectivity index (χ3n) is 2.20. The third-order valence-corrected chi connectivity index (χ3v) is 2.92. The first kappa shape index (κ1) is 12.3. The maximum absolute atomic E-state index is 12.8. The van der Waals surface area contributed by atoms with Crippen LogP contribution in [0.1, 0.15) is 5.69 Å². The van der Waals surface area contributed by atoms with E-state index in [-0.39, 0.29) is 18.0 Å². The molecule has 0 unspecified atom stereocenters. The van der Waals surface area contributed by atoms with Gasteiger partial charge in [-0.1, -0.05) is 0 Å². The molecule has 0 aliphatic rings. The van der Waals surface area contributed by atoms with E-state index >= 15 is 0 Å². The van der Waals surface area contributed by atoms with E-state index in [1.54, 1.807) is 5.38 Å². The van der Waals surface area contributed by atoms with Gasteiger partial charge in [-0.2, -0.15) is 0 Å². The van der Waals surface area contributed by atoms with E-state index in [1.165, 1.54) is 23.5 Å². The predicted molar refractivity (Wildman–Crippen MR) is 69.7 cm³/mol. The fourth-order valence-electron chi connectivity index (χ4n) is 1.41. The van der Waals surface area contributed by atoms with Crippen LogP contribution >= 0.6 is 11.3 Å². The Labute approximate surface area is 107 Å². The molecule has 2 aromatic rings. The summed E-state index contributed by atoms with van der Waals surface area (Å²) in [6, 6.07) is 3.79. The number of nitrogens with two attached hydrogens (primary N) is 2. The van der Waals surface area contributed by atoms with E-state index in [9.17, 15) is 9.18 Å². The molecule has 0 saturated carbocycles. The van der Waals surface area contributed by atoms with Gasteiger partial charge in [-0.05, 0) is 18.2 Å². The second-order valence-electron chi connectivity index (χ2n) is 3.63. The smallest absolute Gasteiger partial charge is 0.230 e. The summed E-state index contributed by atoms with van der Waals surface area (Å²) < 4.78 is 12.8. The molecule has 0 fully saturated rings. The average Bonchev–Trinajstić information content (AvgIpc) is 2.68. The normalized spacial score (nSPS) is 10.3. The van der Waals surface area contributed by atoms with Gasteiger partial charge in [0.15, 0.2) is 5.13 Å². The van der Waals surface area contributed by atoms with Crippen LogP contribution in [0.15, 0.2) is 23.6 Å². The first-order valence-corrected chi connectivity index (χ1v) is 5.97. The van der Waals surface area contributed by atoms with Crippen molar-refractivity contribution in [3.8, 4) is 0 Å². The molecule has 0 saturated heterocycles. The maximum Gasteiger partial charge on any atom is 0.230 e. The lowest BCUT2D eigenvalue weighted by molar-refractivity contribution is -0.115. The number of aromatic nitrogens is 1. The molecule has 18 heavy (non-hydrogen) atoms.